The van der Waals surface area contributed by atoms with E-state index in [2.05, 4.69) is 15.9 Å². The zero-order valence-electron chi connectivity index (χ0n) is 9.62. The van der Waals surface area contributed by atoms with Crippen molar-refractivity contribution in [2.24, 2.45) is 5.92 Å². The minimum absolute atomic E-state index is 0.00148. The Morgan fingerprint density at radius 1 is 1.40 bits per heavy atom. The van der Waals surface area contributed by atoms with Gasteiger partial charge < -0.3 is 9.64 Å². The molecule has 0 aliphatic heterocycles. The maximum absolute atomic E-state index is 11.7. The Morgan fingerprint density at radius 3 is 2.33 bits per heavy atom. The van der Waals surface area contributed by atoms with Crippen molar-refractivity contribution < 1.29 is 14.3 Å². The fraction of sp³-hybridized carbons (Fsp3) is 0.800. The second-order valence-electron chi connectivity index (χ2n) is 3.65. The number of nitrogens with zero attached hydrogens (tertiary/aromatic N) is 1. The summed E-state index contributed by atoms with van der Waals surface area (Å²) < 4.78 is 4.75. The van der Waals surface area contributed by atoms with Crippen LogP contribution < -0.4 is 0 Å². The molecule has 1 atom stereocenters. The molecule has 0 bridgehead atoms. The third kappa shape index (κ3) is 5.16. The highest BCUT2D eigenvalue weighted by atomic mass is 79.9. The number of hydrogen-bond donors (Lipinski definition) is 0. The van der Waals surface area contributed by atoms with Gasteiger partial charge in [-0.3, -0.25) is 9.59 Å². The van der Waals surface area contributed by atoms with Crippen molar-refractivity contribution in [3.8, 4) is 0 Å². The van der Waals surface area contributed by atoms with E-state index >= 15 is 0 Å². The van der Waals surface area contributed by atoms with Crippen LogP contribution in [-0.2, 0) is 14.3 Å². The Balaban J connectivity index is 4.15. The van der Waals surface area contributed by atoms with E-state index in [9.17, 15) is 9.59 Å². The average molecular weight is 280 g/mol. The third-order valence-corrected chi connectivity index (χ3v) is 3.32. The Labute approximate surface area is 99.1 Å². The quantitative estimate of drug-likeness (QED) is 0.565. The number of hydrogen-bond acceptors (Lipinski definition) is 3. The number of likely N-dealkylation sites (N-methyl/N-ethyl adjacent to an activating group) is 1. The van der Waals surface area contributed by atoms with Crippen molar-refractivity contribution >= 4 is 27.8 Å². The number of halogens is 1. The van der Waals surface area contributed by atoms with Gasteiger partial charge in [-0.2, -0.15) is 0 Å². The van der Waals surface area contributed by atoms with Crippen LogP contribution in [0.25, 0.3) is 0 Å². The number of alkyl halides is 1. The minimum atomic E-state index is -0.378. The van der Waals surface area contributed by atoms with Gasteiger partial charge in [-0.05, 0) is 12.8 Å². The molecular formula is C10H18BrNO3. The highest BCUT2D eigenvalue weighted by molar-refractivity contribution is 9.10. The molecular weight excluding hydrogens is 262 g/mol. The normalized spacial score (nSPS) is 12.4. The molecule has 0 aromatic heterocycles. The summed E-state index contributed by atoms with van der Waals surface area (Å²) in [5.74, 6) is -0.281. The van der Waals surface area contributed by atoms with E-state index in [4.69, 9.17) is 4.74 Å². The van der Waals surface area contributed by atoms with Gasteiger partial charge >= 0.3 is 5.97 Å². The Morgan fingerprint density at radius 2 is 1.93 bits per heavy atom. The van der Waals surface area contributed by atoms with Crippen LogP contribution in [0.5, 0.6) is 0 Å². The Kier molecular flexibility index (Phi) is 6.56. The fourth-order valence-electron chi connectivity index (χ4n) is 0.974. The van der Waals surface area contributed by atoms with Crippen LogP contribution in [0.4, 0.5) is 0 Å². The number of carbonyl (C=O) groups is 2. The van der Waals surface area contributed by atoms with Crippen LogP contribution >= 0.6 is 15.9 Å². The summed E-state index contributed by atoms with van der Waals surface area (Å²) in [6.45, 7) is 5.95. The molecule has 0 aromatic carbocycles. The maximum Gasteiger partial charge on any atom is 0.325 e. The first-order valence-electron chi connectivity index (χ1n) is 4.94. The molecule has 1 unspecified atom stereocenters. The molecule has 4 nitrogen and oxygen atoms in total. The number of amides is 1. The second-order valence-corrected chi connectivity index (χ2v) is 4.63. The van der Waals surface area contributed by atoms with E-state index in [-0.39, 0.29) is 29.2 Å². The first kappa shape index (κ1) is 14.4. The molecule has 0 fully saturated rings. The molecule has 15 heavy (non-hydrogen) atoms. The number of rotatable bonds is 5. The van der Waals surface area contributed by atoms with Crippen LogP contribution in [0.3, 0.4) is 0 Å². The molecule has 0 aromatic rings. The standard InChI is InChI=1S/C10H18BrNO3/c1-5-15-8(13)6-12(4)10(14)9(11)7(2)3/h7,9H,5-6H2,1-4H3. The van der Waals surface area contributed by atoms with E-state index in [0.717, 1.165) is 0 Å². The van der Waals surface area contributed by atoms with E-state index in [1.54, 1.807) is 14.0 Å². The van der Waals surface area contributed by atoms with Gasteiger partial charge in [0.25, 0.3) is 0 Å². The molecule has 5 heteroatoms. The topological polar surface area (TPSA) is 46.6 Å². The van der Waals surface area contributed by atoms with E-state index in [1.165, 1.54) is 4.90 Å². The van der Waals surface area contributed by atoms with Gasteiger partial charge in [0.1, 0.15) is 6.54 Å². The predicted molar refractivity (Wildman–Crippen MR) is 61.8 cm³/mol. The highest BCUT2D eigenvalue weighted by Gasteiger charge is 2.23. The molecule has 88 valence electrons. The number of carbonyl (C=O) groups excluding carboxylic acids is 2. The van der Waals surface area contributed by atoms with Crippen molar-refractivity contribution in [3.05, 3.63) is 0 Å². The summed E-state index contributed by atoms with van der Waals surface area (Å²) in [7, 11) is 1.59. The second kappa shape index (κ2) is 6.82. The third-order valence-electron chi connectivity index (χ3n) is 1.87. The summed E-state index contributed by atoms with van der Waals surface area (Å²) in [5, 5.41) is 0. The van der Waals surface area contributed by atoms with Gasteiger partial charge in [0.2, 0.25) is 5.91 Å². The van der Waals surface area contributed by atoms with Crippen LogP contribution in [0.2, 0.25) is 0 Å². The molecule has 0 N–H and O–H groups in total. The monoisotopic (exact) mass is 279 g/mol. The molecule has 1 amide bonds. The zero-order valence-corrected chi connectivity index (χ0v) is 11.2. The molecule has 0 spiro atoms. The van der Waals surface area contributed by atoms with Gasteiger partial charge in [0.05, 0.1) is 11.4 Å². The summed E-state index contributed by atoms with van der Waals surface area (Å²) in [5.41, 5.74) is 0. The Bertz CT molecular complexity index is 231. The molecule has 0 aliphatic carbocycles. The summed E-state index contributed by atoms with van der Waals surface area (Å²) in [6, 6.07) is 0. The van der Waals surface area contributed by atoms with E-state index in [0.29, 0.717) is 6.61 Å². The first-order valence-corrected chi connectivity index (χ1v) is 5.86. The summed E-state index contributed by atoms with van der Waals surface area (Å²) in [4.78, 5) is 23.9. The van der Waals surface area contributed by atoms with Crippen molar-refractivity contribution in [2.45, 2.75) is 25.6 Å². The van der Waals surface area contributed by atoms with Crippen molar-refractivity contribution in [3.63, 3.8) is 0 Å². The van der Waals surface area contributed by atoms with Crippen LogP contribution in [0.15, 0.2) is 0 Å². The molecule has 0 saturated carbocycles. The fourth-order valence-corrected chi connectivity index (χ4v) is 1.32. The average Bonchev–Trinajstić information content (AvgIpc) is 2.15. The molecule has 0 aliphatic rings. The molecule has 0 radical (unpaired) electrons. The van der Waals surface area contributed by atoms with Crippen LogP contribution in [0, 0.1) is 5.92 Å². The van der Waals surface area contributed by atoms with Gasteiger partial charge in [-0.25, -0.2) is 0 Å². The Hall–Kier alpha value is -0.580. The predicted octanol–water partition coefficient (Wildman–Crippen LogP) is 1.43. The first-order chi connectivity index (χ1) is 6.90. The molecule has 0 saturated heterocycles. The smallest absolute Gasteiger partial charge is 0.325 e. The van der Waals surface area contributed by atoms with Crippen molar-refractivity contribution in [1.29, 1.82) is 0 Å². The number of esters is 1. The SMILES string of the molecule is CCOC(=O)CN(C)C(=O)C(Br)C(C)C. The summed E-state index contributed by atoms with van der Waals surface area (Å²) >= 11 is 3.29. The molecule has 0 rings (SSSR count). The van der Waals surface area contributed by atoms with E-state index < -0.39 is 0 Å². The molecule has 0 heterocycles. The van der Waals surface area contributed by atoms with Gasteiger partial charge in [0.15, 0.2) is 0 Å². The van der Waals surface area contributed by atoms with Gasteiger partial charge in [-0.1, -0.05) is 29.8 Å². The lowest BCUT2D eigenvalue weighted by Gasteiger charge is -2.21. The lowest BCUT2D eigenvalue weighted by Crippen LogP contribution is -2.39. The van der Waals surface area contributed by atoms with E-state index in [1.807, 2.05) is 13.8 Å². The largest absolute Gasteiger partial charge is 0.465 e. The maximum atomic E-state index is 11.7. The zero-order chi connectivity index (χ0) is 12.0. The number of ether oxygens (including phenoxy) is 1. The van der Waals surface area contributed by atoms with Crippen molar-refractivity contribution in [2.75, 3.05) is 20.2 Å². The minimum Gasteiger partial charge on any atom is -0.465 e. The van der Waals surface area contributed by atoms with Crippen LogP contribution in [-0.4, -0.2) is 41.8 Å². The van der Waals surface area contributed by atoms with Crippen LogP contribution in [0.1, 0.15) is 20.8 Å². The van der Waals surface area contributed by atoms with Gasteiger partial charge in [-0.15, -0.1) is 0 Å². The summed E-state index contributed by atoms with van der Waals surface area (Å²) in [6.07, 6.45) is 0. The highest BCUT2D eigenvalue weighted by Crippen LogP contribution is 2.14. The van der Waals surface area contributed by atoms with Crippen molar-refractivity contribution in [1.82, 2.24) is 4.90 Å². The lowest BCUT2D eigenvalue weighted by atomic mass is 10.1. The lowest BCUT2D eigenvalue weighted by molar-refractivity contribution is -0.148. The van der Waals surface area contributed by atoms with Gasteiger partial charge in [0, 0.05) is 7.05 Å².